The van der Waals surface area contributed by atoms with Gasteiger partial charge in [-0.05, 0) is 43.2 Å². The molecule has 146 valence electrons. The van der Waals surface area contributed by atoms with Crippen LogP contribution in [0, 0.1) is 0 Å². The standard InChI is InChI=1S/C19H21N7O2.H2/c1-25-15-6-5-13(11-14(15)22-19(25)27)21-18-23-17-4-2-3-16(26(17)24-18)20-12-7-9-28-10-8-12;/h2-6,11-12,20H,7-10H2,1H3,(H,21,24)(H,22,27);1H. The lowest BCUT2D eigenvalue weighted by atomic mass is 10.1. The minimum Gasteiger partial charge on any atom is -0.381 e. The van der Waals surface area contributed by atoms with Crippen LogP contribution >= 0.6 is 0 Å². The quantitative estimate of drug-likeness (QED) is 0.502. The Balaban J connectivity index is 0.00000205. The number of rotatable bonds is 4. The summed E-state index contributed by atoms with van der Waals surface area (Å²) < 4.78 is 8.81. The molecule has 9 nitrogen and oxygen atoms in total. The number of aromatic amines is 1. The lowest BCUT2D eigenvalue weighted by Gasteiger charge is -2.24. The molecule has 28 heavy (non-hydrogen) atoms. The van der Waals surface area contributed by atoms with E-state index in [1.807, 2.05) is 36.4 Å². The Morgan fingerprint density at radius 1 is 1.25 bits per heavy atom. The van der Waals surface area contributed by atoms with Crippen LogP contribution in [0.3, 0.4) is 0 Å². The van der Waals surface area contributed by atoms with Crippen LogP contribution in [-0.2, 0) is 11.8 Å². The van der Waals surface area contributed by atoms with E-state index < -0.39 is 0 Å². The maximum atomic E-state index is 11.8. The van der Waals surface area contributed by atoms with E-state index in [-0.39, 0.29) is 7.12 Å². The second-order valence-corrected chi connectivity index (χ2v) is 6.99. The monoisotopic (exact) mass is 381 g/mol. The molecule has 1 saturated heterocycles. The fraction of sp³-hybridized carbons (Fsp3) is 0.316. The number of fused-ring (bicyclic) bond motifs is 2. The first-order valence-corrected chi connectivity index (χ1v) is 9.33. The average Bonchev–Trinajstić information content (AvgIpc) is 3.23. The molecule has 0 amide bonds. The van der Waals surface area contributed by atoms with Gasteiger partial charge in [0, 0.05) is 33.4 Å². The minimum absolute atomic E-state index is 0. The average molecular weight is 381 g/mol. The molecule has 0 atom stereocenters. The third-order valence-electron chi connectivity index (χ3n) is 5.09. The Labute approximate surface area is 161 Å². The van der Waals surface area contributed by atoms with Gasteiger partial charge in [-0.25, -0.2) is 4.79 Å². The van der Waals surface area contributed by atoms with Crippen LogP contribution in [0.4, 0.5) is 17.5 Å². The zero-order valence-electron chi connectivity index (χ0n) is 15.5. The van der Waals surface area contributed by atoms with Gasteiger partial charge < -0.3 is 20.4 Å². The molecule has 4 aromatic rings. The molecule has 3 aromatic heterocycles. The van der Waals surface area contributed by atoms with Crippen LogP contribution in [-0.4, -0.2) is 43.4 Å². The number of hydrogen-bond donors (Lipinski definition) is 3. The number of nitrogens with zero attached hydrogens (tertiary/aromatic N) is 4. The van der Waals surface area contributed by atoms with Crippen LogP contribution in [0.2, 0.25) is 0 Å². The Bertz CT molecular complexity index is 1210. The second kappa shape index (κ2) is 6.68. The number of anilines is 3. The smallest absolute Gasteiger partial charge is 0.326 e. The van der Waals surface area contributed by atoms with Gasteiger partial charge in [-0.3, -0.25) is 4.57 Å². The summed E-state index contributed by atoms with van der Waals surface area (Å²) in [4.78, 5) is 19.2. The fourth-order valence-corrected chi connectivity index (χ4v) is 3.56. The van der Waals surface area contributed by atoms with E-state index in [9.17, 15) is 4.79 Å². The van der Waals surface area contributed by atoms with Crippen molar-refractivity contribution in [3.8, 4) is 0 Å². The van der Waals surface area contributed by atoms with Gasteiger partial charge >= 0.3 is 5.69 Å². The van der Waals surface area contributed by atoms with Crippen molar-refractivity contribution in [2.45, 2.75) is 18.9 Å². The second-order valence-electron chi connectivity index (χ2n) is 6.99. The number of pyridine rings is 1. The van der Waals surface area contributed by atoms with Gasteiger partial charge in [-0.2, -0.15) is 9.50 Å². The number of benzene rings is 1. The first-order chi connectivity index (χ1) is 13.7. The summed E-state index contributed by atoms with van der Waals surface area (Å²) in [5, 5.41) is 11.4. The molecule has 0 unspecified atom stereocenters. The minimum atomic E-state index is -0.137. The first kappa shape index (κ1) is 16.8. The number of H-pyrrole nitrogens is 1. The molecule has 0 aliphatic carbocycles. The zero-order valence-corrected chi connectivity index (χ0v) is 15.5. The van der Waals surface area contributed by atoms with Crippen LogP contribution in [0.5, 0.6) is 0 Å². The van der Waals surface area contributed by atoms with E-state index in [1.54, 1.807) is 16.1 Å². The van der Waals surface area contributed by atoms with Gasteiger partial charge in [0.05, 0.1) is 11.0 Å². The van der Waals surface area contributed by atoms with Gasteiger partial charge in [-0.15, -0.1) is 5.10 Å². The molecule has 1 aliphatic heterocycles. The lowest BCUT2D eigenvalue weighted by molar-refractivity contribution is 0.0903. The molecule has 0 saturated carbocycles. The molecule has 3 N–H and O–H groups in total. The highest BCUT2D eigenvalue weighted by molar-refractivity contribution is 5.80. The molecule has 9 heteroatoms. The van der Waals surface area contributed by atoms with Crippen molar-refractivity contribution in [2.75, 3.05) is 23.8 Å². The maximum Gasteiger partial charge on any atom is 0.326 e. The first-order valence-electron chi connectivity index (χ1n) is 9.33. The van der Waals surface area contributed by atoms with Gasteiger partial charge in [0.15, 0.2) is 5.65 Å². The molecule has 1 aliphatic rings. The number of aromatic nitrogens is 5. The van der Waals surface area contributed by atoms with Crippen molar-refractivity contribution in [3.63, 3.8) is 0 Å². The highest BCUT2D eigenvalue weighted by Crippen LogP contribution is 2.21. The van der Waals surface area contributed by atoms with Crippen molar-refractivity contribution in [2.24, 2.45) is 7.05 Å². The predicted molar refractivity (Wildman–Crippen MR) is 109 cm³/mol. The summed E-state index contributed by atoms with van der Waals surface area (Å²) in [5.74, 6) is 1.41. The number of ether oxygens (including phenoxy) is 1. The highest BCUT2D eigenvalue weighted by atomic mass is 16.5. The van der Waals surface area contributed by atoms with Gasteiger partial charge in [0.25, 0.3) is 0 Å². The van der Waals surface area contributed by atoms with Crippen LogP contribution < -0.4 is 16.3 Å². The maximum absolute atomic E-state index is 11.8. The molecule has 0 radical (unpaired) electrons. The summed E-state index contributed by atoms with van der Waals surface area (Å²) in [6, 6.07) is 11.9. The van der Waals surface area contributed by atoms with E-state index in [0.717, 1.165) is 54.2 Å². The van der Waals surface area contributed by atoms with Crippen molar-refractivity contribution in [1.82, 2.24) is 24.1 Å². The normalized spacial score (nSPS) is 15.3. The molecule has 5 rings (SSSR count). The third kappa shape index (κ3) is 2.99. The molecular formula is C19H23N7O2. The number of imidazole rings is 1. The Morgan fingerprint density at radius 2 is 2.11 bits per heavy atom. The van der Waals surface area contributed by atoms with Gasteiger partial charge in [-0.1, -0.05) is 6.07 Å². The molecule has 0 bridgehead atoms. The van der Waals surface area contributed by atoms with E-state index >= 15 is 0 Å². The third-order valence-corrected chi connectivity index (χ3v) is 5.09. The number of hydrogen-bond acceptors (Lipinski definition) is 6. The fourth-order valence-electron chi connectivity index (χ4n) is 3.56. The largest absolute Gasteiger partial charge is 0.381 e. The summed E-state index contributed by atoms with van der Waals surface area (Å²) in [6.07, 6.45) is 1.96. The van der Waals surface area contributed by atoms with Gasteiger partial charge in [0.1, 0.15) is 5.82 Å². The molecular weight excluding hydrogens is 358 g/mol. The van der Waals surface area contributed by atoms with Crippen molar-refractivity contribution < 1.29 is 6.16 Å². The zero-order chi connectivity index (χ0) is 19.1. The summed E-state index contributed by atoms with van der Waals surface area (Å²) in [7, 11) is 1.74. The Kier molecular flexibility index (Phi) is 4.01. The SMILES string of the molecule is Cn1c(=O)[nH]c2cc(Nc3nc4cccc(NC5CCOCC5)n4n3)ccc21.[HH]. The number of aryl methyl sites for hydroxylation is 1. The highest BCUT2D eigenvalue weighted by Gasteiger charge is 2.16. The molecule has 4 heterocycles. The van der Waals surface area contributed by atoms with E-state index in [1.165, 1.54) is 0 Å². The van der Waals surface area contributed by atoms with Crippen molar-refractivity contribution >= 4 is 34.1 Å². The van der Waals surface area contributed by atoms with E-state index in [2.05, 4.69) is 25.7 Å². The summed E-state index contributed by atoms with van der Waals surface area (Å²) >= 11 is 0. The van der Waals surface area contributed by atoms with E-state index in [0.29, 0.717) is 12.0 Å². The van der Waals surface area contributed by atoms with Crippen LogP contribution in [0.1, 0.15) is 14.3 Å². The summed E-state index contributed by atoms with van der Waals surface area (Å²) in [5.41, 5.74) is 3.05. The van der Waals surface area contributed by atoms with Crippen molar-refractivity contribution in [1.29, 1.82) is 0 Å². The van der Waals surface area contributed by atoms with Crippen LogP contribution in [0.25, 0.3) is 16.7 Å². The van der Waals surface area contributed by atoms with E-state index in [4.69, 9.17) is 4.74 Å². The Morgan fingerprint density at radius 3 is 2.96 bits per heavy atom. The molecule has 1 aromatic carbocycles. The van der Waals surface area contributed by atoms with Gasteiger partial charge in [0.2, 0.25) is 5.95 Å². The predicted octanol–water partition coefficient (Wildman–Crippen LogP) is 2.49. The van der Waals surface area contributed by atoms with Crippen molar-refractivity contribution in [3.05, 3.63) is 46.9 Å². The molecule has 1 fully saturated rings. The Hall–Kier alpha value is -3.33. The number of nitrogens with one attached hydrogen (secondary N) is 3. The molecule has 0 spiro atoms. The van der Waals surface area contributed by atoms with Crippen LogP contribution in [0.15, 0.2) is 41.2 Å². The topological polar surface area (TPSA) is 101 Å². The summed E-state index contributed by atoms with van der Waals surface area (Å²) in [6.45, 7) is 1.56. The lowest BCUT2D eigenvalue weighted by Crippen LogP contribution is -2.28.